The maximum absolute atomic E-state index is 12.3. The first-order chi connectivity index (χ1) is 9.76. The van der Waals surface area contributed by atoms with Gasteiger partial charge in [-0.3, -0.25) is 4.79 Å². The van der Waals surface area contributed by atoms with Crippen molar-refractivity contribution in [3.8, 4) is 0 Å². The summed E-state index contributed by atoms with van der Waals surface area (Å²) >= 11 is 0. The van der Waals surface area contributed by atoms with Gasteiger partial charge in [0.2, 0.25) is 5.91 Å². The van der Waals surface area contributed by atoms with E-state index in [0.717, 1.165) is 11.3 Å². The smallest absolute Gasteiger partial charge is 0.311 e. The summed E-state index contributed by atoms with van der Waals surface area (Å²) in [5.41, 5.74) is 1.89. The molecule has 0 radical (unpaired) electrons. The van der Waals surface area contributed by atoms with Gasteiger partial charge < -0.3 is 10.2 Å². The number of carbonyl (C=O) groups is 1. The molecule has 6 heteroatoms. The van der Waals surface area contributed by atoms with Crippen molar-refractivity contribution in [3.63, 3.8) is 0 Å². The highest BCUT2D eigenvalue weighted by molar-refractivity contribution is 5.99. The van der Waals surface area contributed by atoms with E-state index in [2.05, 4.69) is 5.32 Å². The Morgan fingerprint density at radius 3 is 2.52 bits per heavy atom. The van der Waals surface area contributed by atoms with Crippen molar-refractivity contribution in [2.75, 3.05) is 11.4 Å². The number of hydrogen-bond donors (Lipinski definition) is 1. The summed E-state index contributed by atoms with van der Waals surface area (Å²) in [5, 5.41) is 2.79. The van der Waals surface area contributed by atoms with E-state index in [0.29, 0.717) is 13.0 Å². The molecule has 0 aliphatic carbocycles. The SMILES string of the molecule is Cc1ccc(N2CC[C@@H](N[C@@H](C)CC(F)(F)F)C2=O)cc1. The van der Waals surface area contributed by atoms with Crippen LogP contribution in [0.3, 0.4) is 0 Å². The van der Waals surface area contributed by atoms with Gasteiger partial charge in [-0.2, -0.15) is 13.2 Å². The second-order valence-corrected chi connectivity index (χ2v) is 5.55. The Labute approximate surface area is 122 Å². The minimum Gasteiger partial charge on any atom is -0.311 e. The Kier molecular flexibility index (Phi) is 4.56. The molecule has 1 fully saturated rings. The minimum atomic E-state index is -4.22. The number of halogens is 3. The molecule has 1 aliphatic rings. The Morgan fingerprint density at radius 1 is 1.33 bits per heavy atom. The van der Waals surface area contributed by atoms with E-state index in [-0.39, 0.29) is 5.91 Å². The van der Waals surface area contributed by atoms with Gasteiger partial charge in [0.1, 0.15) is 0 Å². The molecule has 116 valence electrons. The lowest BCUT2D eigenvalue weighted by atomic mass is 10.1. The fraction of sp³-hybridized carbons (Fsp3) is 0.533. The first kappa shape index (κ1) is 15.8. The standard InChI is InChI=1S/C15H19F3N2O/c1-10-3-5-12(6-4-10)20-8-7-13(14(20)21)19-11(2)9-15(16,17)18/h3-6,11,13,19H,7-9H2,1-2H3/t11-,13+/m0/s1. The van der Waals surface area contributed by atoms with Crippen LogP contribution in [0, 0.1) is 6.92 Å². The van der Waals surface area contributed by atoms with Crippen LogP contribution in [0.25, 0.3) is 0 Å². The summed E-state index contributed by atoms with van der Waals surface area (Å²) in [5.74, 6) is -0.159. The van der Waals surface area contributed by atoms with Gasteiger partial charge in [0.25, 0.3) is 0 Å². The molecule has 0 unspecified atom stereocenters. The van der Waals surface area contributed by atoms with Gasteiger partial charge in [0.15, 0.2) is 0 Å². The summed E-state index contributed by atoms with van der Waals surface area (Å²) in [6, 6.07) is 6.23. The average molecular weight is 300 g/mol. The molecule has 0 aromatic heterocycles. The zero-order valence-corrected chi connectivity index (χ0v) is 12.1. The number of benzene rings is 1. The van der Waals surface area contributed by atoms with Crippen molar-refractivity contribution < 1.29 is 18.0 Å². The molecule has 3 nitrogen and oxygen atoms in total. The minimum absolute atomic E-state index is 0.159. The molecule has 0 bridgehead atoms. The molecule has 1 saturated heterocycles. The third-order valence-electron chi connectivity index (χ3n) is 3.57. The van der Waals surface area contributed by atoms with Gasteiger partial charge in [0, 0.05) is 18.3 Å². The van der Waals surface area contributed by atoms with Crippen LogP contribution in [0.2, 0.25) is 0 Å². The van der Waals surface area contributed by atoms with Crippen molar-refractivity contribution in [2.24, 2.45) is 0 Å². The molecule has 1 aromatic rings. The van der Waals surface area contributed by atoms with E-state index < -0.39 is 24.7 Å². The van der Waals surface area contributed by atoms with E-state index in [1.54, 1.807) is 4.90 Å². The van der Waals surface area contributed by atoms with Crippen molar-refractivity contribution in [2.45, 2.75) is 44.9 Å². The number of hydrogen-bond acceptors (Lipinski definition) is 2. The predicted octanol–water partition coefficient (Wildman–Crippen LogP) is 3.03. The maximum Gasteiger partial charge on any atom is 0.390 e. The van der Waals surface area contributed by atoms with Gasteiger partial charge in [-0.05, 0) is 32.4 Å². The van der Waals surface area contributed by atoms with Crippen LogP contribution in [-0.4, -0.2) is 30.7 Å². The first-order valence-corrected chi connectivity index (χ1v) is 6.97. The van der Waals surface area contributed by atoms with Crippen molar-refractivity contribution >= 4 is 11.6 Å². The van der Waals surface area contributed by atoms with Crippen LogP contribution in [0.5, 0.6) is 0 Å². The van der Waals surface area contributed by atoms with E-state index in [9.17, 15) is 18.0 Å². The number of carbonyl (C=O) groups excluding carboxylic acids is 1. The monoisotopic (exact) mass is 300 g/mol. The molecule has 0 saturated carbocycles. The molecule has 1 aliphatic heterocycles. The van der Waals surface area contributed by atoms with Gasteiger partial charge in [-0.15, -0.1) is 0 Å². The van der Waals surface area contributed by atoms with E-state index in [1.165, 1.54) is 6.92 Å². The number of amides is 1. The van der Waals surface area contributed by atoms with E-state index in [4.69, 9.17) is 0 Å². The zero-order chi connectivity index (χ0) is 15.6. The van der Waals surface area contributed by atoms with Crippen LogP contribution in [0.4, 0.5) is 18.9 Å². The summed E-state index contributed by atoms with van der Waals surface area (Å²) in [4.78, 5) is 13.9. The van der Waals surface area contributed by atoms with Gasteiger partial charge in [0.05, 0.1) is 12.5 Å². The average Bonchev–Trinajstić information content (AvgIpc) is 2.70. The Balaban J connectivity index is 1.97. The predicted molar refractivity (Wildman–Crippen MR) is 75.2 cm³/mol. The van der Waals surface area contributed by atoms with E-state index >= 15 is 0 Å². The Hall–Kier alpha value is -1.56. The Morgan fingerprint density at radius 2 is 1.95 bits per heavy atom. The maximum atomic E-state index is 12.3. The second kappa shape index (κ2) is 6.05. The van der Waals surface area contributed by atoms with Gasteiger partial charge in [-0.25, -0.2) is 0 Å². The molecular weight excluding hydrogens is 281 g/mol. The van der Waals surface area contributed by atoms with Crippen molar-refractivity contribution in [1.82, 2.24) is 5.32 Å². The molecule has 0 spiro atoms. The van der Waals surface area contributed by atoms with Crippen molar-refractivity contribution in [1.29, 1.82) is 0 Å². The highest BCUT2D eigenvalue weighted by Gasteiger charge is 2.36. The molecule has 2 atom stereocenters. The summed E-state index contributed by atoms with van der Waals surface area (Å²) in [7, 11) is 0. The third kappa shape index (κ3) is 4.20. The van der Waals surface area contributed by atoms with Crippen LogP contribution < -0.4 is 10.2 Å². The molecule has 1 aromatic carbocycles. The normalized spacial score (nSPS) is 20.9. The zero-order valence-electron chi connectivity index (χ0n) is 12.1. The van der Waals surface area contributed by atoms with E-state index in [1.807, 2.05) is 31.2 Å². The van der Waals surface area contributed by atoms with Crippen LogP contribution in [0.1, 0.15) is 25.3 Å². The van der Waals surface area contributed by atoms with Crippen LogP contribution >= 0.6 is 0 Å². The number of nitrogens with one attached hydrogen (secondary N) is 1. The number of anilines is 1. The molecular formula is C15H19F3N2O. The number of nitrogens with zero attached hydrogens (tertiary/aromatic N) is 1. The lowest BCUT2D eigenvalue weighted by molar-refractivity contribution is -0.140. The molecule has 1 heterocycles. The molecule has 21 heavy (non-hydrogen) atoms. The molecule has 1 N–H and O–H groups in total. The largest absolute Gasteiger partial charge is 0.390 e. The molecule has 1 amide bonds. The fourth-order valence-corrected chi connectivity index (χ4v) is 2.57. The molecule has 2 rings (SSSR count). The summed E-state index contributed by atoms with van der Waals surface area (Å²) < 4.78 is 37.0. The van der Waals surface area contributed by atoms with Gasteiger partial charge >= 0.3 is 6.18 Å². The van der Waals surface area contributed by atoms with Gasteiger partial charge in [-0.1, -0.05) is 17.7 Å². The van der Waals surface area contributed by atoms with Crippen molar-refractivity contribution in [3.05, 3.63) is 29.8 Å². The first-order valence-electron chi connectivity index (χ1n) is 6.97. The Bertz CT molecular complexity index is 499. The third-order valence-corrected chi connectivity index (χ3v) is 3.57. The van der Waals surface area contributed by atoms with Crippen LogP contribution in [0.15, 0.2) is 24.3 Å². The lowest BCUT2D eigenvalue weighted by Crippen LogP contribution is -2.44. The summed E-state index contributed by atoms with van der Waals surface area (Å²) in [6.45, 7) is 3.94. The number of alkyl halides is 3. The highest BCUT2D eigenvalue weighted by Crippen LogP contribution is 2.24. The number of rotatable bonds is 4. The topological polar surface area (TPSA) is 32.3 Å². The number of aryl methyl sites for hydroxylation is 1. The fourth-order valence-electron chi connectivity index (χ4n) is 2.57. The second-order valence-electron chi connectivity index (χ2n) is 5.55. The highest BCUT2D eigenvalue weighted by atomic mass is 19.4. The van der Waals surface area contributed by atoms with Crippen LogP contribution in [-0.2, 0) is 4.79 Å². The summed E-state index contributed by atoms with van der Waals surface area (Å²) in [6.07, 6.45) is -4.62. The quantitative estimate of drug-likeness (QED) is 0.927. The lowest BCUT2D eigenvalue weighted by Gasteiger charge is -2.21.